The molecule has 2 aromatic carbocycles. The normalized spacial score (nSPS) is 14.5. The first kappa shape index (κ1) is 15.7. The van der Waals surface area contributed by atoms with Crippen molar-refractivity contribution in [3.63, 3.8) is 0 Å². The molecule has 0 fully saturated rings. The molecule has 1 aliphatic rings. The molecule has 3 rings (SSSR count). The Kier molecular flexibility index (Phi) is 4.52. The molecule has 0 aliphatic carbocycles. The second kappa shape index (κ2) is 6.91. The minimum absolute atomic E-state index is 0.0826. The highest BCUT2D eigenvalue weighted by atomic mass is 16.2. The van der Waals surface area contributed by atoms with Gasteiger partial charge in [0.15, 0.2) is 0 Å². The summed E-state index contributed by atoms with van der Waals surface area (Å²) in [5.74, 6) is -0.0730. The van der Waals surface area contributed by atoms with Gasteiger partial charge in [0, 0.05) is 5.57 Å². The van der Waals surface area contributed by atoms with E-state index in [1.165, 1.54) is 5.01 Å². The molecule has 1 aliphatic heterocycles. The molecule has 0 atom stereocenters. The van der Waals surface area contributed by atoms with Crippen LogP contribution in [-0.4, -0.2) is 17.6 Å². The summed E-state index contributed by atoms with van der Waals surface area (Å²) in [6, 6.07) is 18.7. The molecule has 2 amide bonds. The Bertz CT molecular complexity index is 811. The van der Waals surface area contributed by atoms with Crippen LogP contribution in [0, 0.1) is 0 Å². The first-order valence-electron chi connectivity index (χ1n) is 7.63. The minimum atomic E-state index is -0.264. The van der Waals surface area contributed by atoms with Gasteiger partial charge in [-0.15, -0.1) is 0 Å². The molecule has 0 aromatic heterocycles. The standard InChI is InChI=1S/C19H17N3O2/c1-14(12-15-8-4-2-5-9-15)19(24)20-17-13-18(23)22(21-17)16-10-6-3-7-11-16/h2-12H,13H2,1H3,(H,20,21,24)/b14-12+. The highest BCUT2D eigenvalue weighted by molar-refractivity contribution is 6.18. The Morgan fingerprint density at radius 1 is 1.08 bits per heavy atom. The van der Waals surface area contributed by atoms with E-state index in [1.54, 1.807) is 25.1 Å². The smallest absolute Gasteiger partial charge is 0.255 e. The van der Waals surface area contributed by atoms with E-state index in [1.807, 2.05) is 48.5 Å². The van der Waals surface area contributed by atoms with Crippen LogP contribution in [0.4, 0.5) is 5.69 Å². The number of amidine groups is 1. The number of nitrogens with one attached hydrogen (secondary N) is 1. The molecule has 0 bridgehead atoms. The number of rotatable bonds is 3. The molecule has 5 heteroatoms. The molecule has 24 heavy (non-hydrogen) atoms. The first-order valence-corrected chi connectivity index (χ1v) is 7.63. The lowest BCUT2D eigenvalue weighted by Gasteiger charge is -2.10. The third-order valence-corrected chi connectivity index (χ3v) is 3.58. The average Bonchev–Trinajstić information content (AvgIpc) is 2.97. The van der Waals surface area contributed by atoms with Crippen molar-refractivity contribution in [3.8, 4) is 0 Å². The molecule has 0 saturated heterocycles. The zero-order chi connectivity index (χ0) is 16.9. The van der Waals surface area contributed by atoms with Crippen molar-refractivity contribution in [3.05, 3.63) is 71.8 Å². The lowest BCUT2D eigenvalue weighted by atomic mass is 10.1. The molecule has 1 N–H and O–H groups in total. The van der Waals surface area contributed by atoms with E-state index in [4.69, 9.17) is 0 Å². The Morgan fingerprint density at radius 2 is 1.71 bits per heavy atom. The van der Waals surface area contributed by atoms with Crippen LogP contribution in [0.15, 0.2) is 71.3 Å². The maximum atomic E-state index is 12.3. The highest BCUT2D eigenvalue weighted by Crippen LogP contribution is 2.19. The van der Waals surface area contributed by atoms with Crippen LogP contribution in [0.25, 0.3) is 6.08 Å². The molecule has 0 radical (unpaired) electrons. The second-order valence-electron chi connectivity index (χ2n) is 5.46. The number of benzene rings is 2. The quantitative estimate of drug-likeness (QED) is 0.884. The number of hydrogen-bond acceptors (Lipinski definition) is 3. The number of para-hydroxylation sites is 1. The summed E-state index contributed by atoms with van der Waals surface area (Å²) in [4.78, 5) is 24.3. The minimum Gasteiger partial charge on any atom is -0.308 e. The van der Waals surface area contributed by atoms with Gasteiger partial charge in [-0.2, -0.15) is 10.1 Å². The Labute approximate surface area is 140 Å². The van der Waals surface area contributed by atoms with Crippen LogP contribution < -0.4 is 10.3 Å². The zero-order valence-electron chi connectivity index (χ0n) is 13.3. The van der Waals surface area contributed by atoms with Gasteiger partial charge in [-0.05, 0) is 30.7 Å². The van der Waals surface area contributed by atoms with Crippen LogP contribution in [0.3, 0.4) is 0 Å². The number of amides is 2. The second-order valence-corrected chi connectivity index (χ2v) is 5.46. The number of carbonyl (C=O) groups excluding carboxylic acids is 2. The Morgan fingerprint density at radius 3 is 2.38 bits per heavy atom. The summed E-state index contributed by atoms with van der Waals surface area (Å²) in [5, 5.41) is 8.23. The lowest BCUT2D eigenvalue weighted by Crippen LogP contribution is -2.30. The molecule has 5 nitrogen and oxygen atoms in total. The lowest BCUT2D eigenvalue weighted by molar-refractivity contribution is -0.116. The van der Waals surface area contributed by atoms with Gasteiger partial charge in [0.25, 0.3) is 11.8 Å². The first-order chi connectivity index (χ1) is 11.6. The van der Waals surface area contributed by atoms with Crippen molar-refractivity contribution in [2.75, 3.05) is 5.01 Å². The van der Waals surface area contributed by atoms with E-state index < -0.39 is 0 Å². The fourth-order valence-corrected chi connectivity index (χ4v) is 2.36. The van der Waals surface area contributed by atoms with Gasteiger partial charge in [0.05, 0.1) is 12.1 Å². The molecule has 2 aromatic rings. The monoisotopic (exact) mass is 319 g/mol. The summed E-state index contributed by atoms with van der Waals surface area (Å²) in [5.41, 5.74) is 2.18. The number of anilines is 1. The number of hydrogen-bond donors (Lipinski definition) is 1. The maximum Gasteiger partial charge on any atom is 0.255 e. The van der Waals surface area contributed by atoms with Gasteiger partial charge in [-0.1, -0.05) is 48.5 Å². The van der Waals surface area contributed by atoms with Crippen LogP contribution in [0.1, 0.15) is 18.9 Å². The van der Waals surface area contributed by atoms with Gasteiger partial charge in [0.1, 0.15) is 5.84 Å². The number of nitrogens with zero attached hydrogens (tertiary/aromatic N) is 2. The summed E-state index contributed by atoms with van der Waals surface area (Å²) in [7, 11) is 0. The molecule has 1 heterocycles. The fourth-order valence-electron chi connectivity index (χ4n) is 2.36. The van der Waals surface area contributed by atoms with Gasteiger partial charge in [0.2, 0.25) is 0 Å². The molecule has 0 saturated carbocycles. The summed E-state index contributed by atoms with van der Waals surface area (Å²) >= 11 is 0. The van der Waals surface area contributed by atoms with Crippen LogP contribution in [0.5, 0.6) is 0 Å². The van der Waals surface area contributed by atoms with Crippen LogP contribution in [-0.2, 0) is 9.59 Å². The van der Waals surface area contributed by atoms with E-state index in [0.717, 1.165) is 5.56 Å². The van der Waals surface area contributed by atoms with Crippen molar-refractivity contribution in [1.82, 2.24) is 5.32 Å². The molecular formula is C19H17N3O2. The Hall–Kier alpha value is -3.21. The number of carbonyl (C=O) groups is 2. The third-order valence-electron chi connectivity index (χ3n) is 3.58. The summed E-state index contributed by atoms with van der Waals surface area (Å²) in [6.45, 7) is 1.73. The van der Waals surface area contributed by atoms with E-state index in [-0.39, 0.29) is 18.2 Å². The van der Waals surface area contributed by atoms with Gasteiger partial charge in [-0.3, -0.25) is 9.59 Å². The maximum absolute atomic E-state index is 12.3. The predicted octanol–water partition coefficient (Wildman–Crippen LogP) is 2.96. The Balaban J connectivity index is 1.71. The van der Waals surface area contributed by atoms with Crippen molar-refractivity contribution in [2.24, 2.45) is 5.10 Å². The largest absolute Gasteiger partial charge is 0.308 e. The van der Waals surface area contributed by atoms with Crippen molar-refractivity contribution < 1.29 is 9.59 Å². The van der Waals surface area contributed by atoms with Crippen molar-refractivity contribution >= 4 is 29.4 Å². The van der Waals surface area contributed by atoms with Gasteiger partial charge >= 0.3 is 0 Å². The van der Waals surface area contributed by atoms with Gasteiger partial charge < -0.3 is 5.32 Å². The van der Waals surface area contributed by atoms with Crippen LogP contribution in [0.2, 0.25) is 0 Å². The van der Waals surface area contributed by atoms with E-state index >= 15 is 0 Å². The van der Waals surface area contributed by atoms with Crippen molar-refractivity contribution in [2.45, 2.75) is 13.3 Å². The van der Waals surface area contributed by atoms with E-state index in [9.17, 15) is 9.59 Å². The highest BCUT2D eigenvalue weighted by Gasteiger charge is 2.26. The summed E-state index contributed by atoms with van der Waals surface area (Å²) in [6.07, 6.45) is 1.88. The SMILES string of the molecule is C/C(=C\c1ccccc1)C(=O)NC1=NN(c2ccccc2)C(=O)C1. The third kappa shape index (κ3) is 3.57. The summed E-state index contributed by atoms with van der Waals surface area (Å²) < 4.78 is 0. The number of hydrazone groups is 1. The zero-order valence-corrected chi connectivity index (χ0v) is 13.3. The molecule has 0 unspecified atom stereocenters. The predicted molar refractivity (Wildman–Crippen MR) is 94.2 cm³/mol. The molecular weight excluding hydrogens is 302 g/mol. The van der Waals surface area contributed by atoms with E-state index in [0.29, 0.717) is 17.1 Å². The fraction of sp³-hybridized carbons (Fsp3) is 0.105. The van der Waals surface area contributed by atoms with E-state index in [2.05, 4.69) is 10.4 Å². The van der Waals surface area contributed by atoms with Gasteiger partial charge in [-0.25, -0.2) is 0 Å². The molecule has 120 valence electrons. The van der Waals surface area contributed by atoms with Crippen molar-refractivity contribution in [1.29, 1.82) is 0 Å². The average molecular weight is 319 g/mol. The molecule has 0 spiro atoms. The van der Waals surface area contributed by atoms with Crippen LogP contribution >= 0.6 is 0 Å². The topological polar surface area (TPSA) is 61.8 Å².